The van der Waals surface area contributed by atoms with Crippen LogP contribution in [0.2, 0.25) is 0 Å². The van der Waals surface area contributed by atoms with E-state index < -0.39 is 17.3 Å². The molecule has 1 rings (SSSR count). The molecule has 1 fully saturated rings. The van der Waals surface area contributed by atoms with Crippen LogP contribution in [0.1, 0.15) is 66.2 Å². The molecule has 0 radical (unpaired) electrons. The van der Waals surface area contributed by atoms with Gasteiger partial charge in [0.05, 0.1) is 36.6 Å². The van der Waals surface area contributed by atoms with Gasteiger partial charge in [-0.05, 0) is 71.8 Å². The lowest BCUT2D eigenvalue weighted by molar-refractivity contribution is -0.153. The molecule has 0 amide bonds. The van der Waals surface area contributed by atoms with Crippen molar-refractivity contribution in [3.8, 4) is 0 Å². The zero-order chi connectivity index (χ0) is 19.1. The minimum atomic E-state index is -0.909. The summed E-state index contributed by atoms with van der Waals surface area (Å²) in [7, 11) is 0. The lowest BCUT2D eigenvalue weighted by Gasteiger charge is -2.33. The van der Waals surface area contributed by atoms with Crippen molar-refractivity contribution in [2.75, 3.05) is 13.2 Å². The van der Waals surface area contributed by atoms with E-state index in [9.17, 15) is 15.3 Å². The zero-order valence-corrected chi connectivity index (χ0v) is 16.2. The first-order valence-corrected chi connectivity index (χ1v) is 9.26. The third kappa shape index (κ3) is 7.19. The topological polar surface area (TPSA) is 90.2 Å². The maximum atomic E-state index is 10.6. The van der Waals surface area contributed by atoms with E-state index in [-0.39, 0.29) is 19.3 Å². The van der Waals surface area contributed by atoms with Crippen LogP contribution in [-0.2, 0) is 4.74 Å². The van der Waals surface area contributed by atoms with Crippen LogP contribution in [-0.4, -0.2) is 57.0 Å². The van der Waals surface area contributed by atoms with Gasteiger partial charge in [-0.3, -0.25) is 0 Å². The first-order valence-electron chi connectivity index (χ1n) is 9.26. The molecule has 1 saturated heterocycles. The molecule has 1 aliphatic heterocycles. The fraction of sp³-hybridized carbons (Fsp3) is 0.800. The van der Waals surface area contributed by atoms with Crippen LogP contribution in [0.3, 0.4) is 0 Å². The van der Waals surface area contributed by atoms with E-state index in [1.165, 1.54) is 0 Å². The van der Waals surface area contributed by atoms with E-state index in [2.05, 4.69) is 0 Å². The summed E-state index contributed by atoms with van der Waals surface area (Å²) in [5.74, 6) is 0. The van der Waals surface area contributed by atoms with Crippen molar-refractivity contribution in [2.24, 2.45) is 0 Å². The van der Waals surface area contributed by atoms with Gasteiger partial charge in [-0.1, -0.05) is 17.7 Å². The van der Waals surface area contributed by atoms with Crippen LogP contribution in [0.25, 0.3) is 0 Å². The van der Waals surface area contributed by atoms with Crippen molar-refractivity contribution >= 4 is 0 Å². The standard InChI is InChI=1S/C20H36O5/c1-15(11-13-21)6-5-7-16(14-22)8-9-17(23)20(4)12-10-18(25-20)19(2,3)24/h7,11,17-18,21-24H,5-6,8-10,12-14H2,1-4H3/b15-11-,16-7-/t17-,18-,20+/m0/s1. The Morgan fingerprint density at radius 3 is 2.48 bits per heavy atom. The summed E-state index contributed by atoms with van der Waals surface area (Å²) < 4.78 is 5.97. The molecule has 0 saturated carbocycles. The Kier molecular flexibility index (Phi) is 8.78. The van der Waals surface area contributed by atoms with Crippen molar-refractivity contribution in [1.29, 1.82) is 0 Å². The fourth-order valence-corrected chi connectivity index (χ4v) is 3.24. The minimum absolute atomic E-state index is 0.0145. The molecule has 1 heterocycles. The summed E-state index contributed by atoms with van der Waals surface area (Å²) in [5, 5.41) is 39.0. The van der Waals surface area contributed by atoms with Gasteiger partial charge in [-0.25, -0.2) is 0 Å². The molecule has 3 atom stereocenters. The maximum absolute atomic E-state index is 10.6. The highest BCUT2D eigenvalue weighted by molar-refractivity contribution is 5.07. The van der Waals surface area contributed by atoms with Gasteiger partial charge >= 0.3 is 0 Å². The number of ether oxygens (including phenoxy) is 1. The SMILES string of the molecule is C/C(=C/CO)CC/C=C(\CO)CC[C@H](O)[C@@]1(C)CC[C@@H](C(C)(C)O)O1. The summed E-state index contributed by atoms with van der Waals surface area (Å²) in [6, 6.07) is 0. The maximum Gasteiger partial charge on any atom is 0.0918 e. The average molecular weight is 357 g/mol. The van der Waals surface area contributed by atoms with Crippen molar-refractivity contribution in [3.05, 3.63) is 23.3 Å². The minimum Gasteiger partial charge on any atom is -0.392 e. The zero-order valence-electron chi connectivity index (χ0n) is 16.2. The van der Waals surface area contributed by atoms with Gasteiger partial charge in [0.1, 0.15) is 0 Å². The van der Waals surface area contributed by atoms with Crippen LogP contribution in [0.4, 0.5) is 0 Å². The number of aliphatic hydroxyl groups excluding tert-OH is 3. The van der Waals surface area contributed by atoms with Crippen LogP contribution in [0.15, 0.2) is 23.3 Å². The lowest BCUT2D eigenvalue weighted by Crippen LogP contribution is -2.43. The molecule has 0 unspecified atom stereocenters. The predicted molar refractivity (Wildman–Crippen MR) is 99.3 cm³/mol. The predicted octanol–water partition coefficient (Wildman–Crippen LogP) is 2.47. The van der Waals surface area contributed by atoms with E-state index in [0.29, 0.717) is 19.3 Å². The number of hydrogen-bond donors (Lipinski definition) is 4. The molecule has 0 aromatic rings. The van der Waals surface area contributed by atoms with E-state index in [1.807, 2.05) is 19.9 Å². The van der Waals surface area contributed by atoms with Crippen LogP contribution < -0.4 is 0 Å². The Morgan fingerprint density at radius 2 is 1.96 bits per heavy atom. The Morgan fingerprint density at radius 1 is 1.28 bits per heavy atom. The van der Waals surface area contributed by atoms with E-state index in [0.717, 1.165) is 30.4 Å². The third-order valence-electron chi connectivity index (χ3n) is 5.16. The second-order valence-corrected chi connectivity index (χ2v) is 7.96. The Labute approximate surface area is 152 Å². The molecule has 0 aromatic carbocycles. The van der Waals surface area contributed by atoms with Gasteiger partial charge in [-0.2, -0.15) is 0 Å². The largest absolute Gasteiger partial charge is 0.392 e. The van der Waals surface area contributed by atoms with Gasteiger partial charge in [-0.15, -0.1) is 0 Å². The summed E-state index contributed by atoms with van der Waals surface area (Å²) in [5.41, 5.74) is 0.483. The molecular weight excluding hydrogens is 320 g/mol. The van der Waals surface area contributed by atoms with Gasteiger partial charge < -0.3 is 25.2 Å². The van der Waals surface area contributed by atoms with Crippen molar-refractivity contribution in [3.63, 3.8) is 0 Å². The highest BCUT2D eigenvalue weighted by atomic mass is 16.5. The second-order valence-electron chi connectivity index (χ2n) is 7.96. The van der Waals surface area contributed by atoms with E-state index in [4.69, 9.17) is 9.84 Å². The molecule has 146 valence electrons. The Hall–Kier alpha value is -0.720. The van der Waals surface area contributed by atoms with Crippen molar-refractivity contribution < 1.29 is 25.2 Å². The quantitative estimate of drug-likeness (QED) is 0.452. The summed E-state index contributed by atoms with van der Waals surface area (Å²) >= 11 is 0. The van der Waals surface area contributed by atoms with Crippen LogP contribution in [0.5, 0.6) is 0 Å². The van der Waals surface area contributed by atoms with E-state index in [1.54, 1.807) is 19.9 Å². The smallest absolute Gasteiger partial charge is 0.0918 e. The molecule has 0 bridgehead atoms. The molecule has 5 nitrogen and oxygen atoms in total. The molecule has 25 heavy (non-hydrogen) atoms. The molecular formula is C20H36O5. The lowest BCUT2D eigenvalue weighted by atomic mass is 9.90. The highest BCUT2D eigenvalue weighted by Crippen LogP contribution is 2.38. The molecule has 1 aliphatic rings. The molecule has 4 N–H and O–H groups in total. The Balaban J connectivity index is 2.50. The monoisotopic (exact) mass is 356 g/mol. The fourth-order valence-electron chi connectivity index (χ4n) is 3.24. The first kappa shape index (κ1) is 22.3. The molecule has 0 aliphatic carbocycles. The molecule has 0 spiro atoms. The average Bonchev–Trinajstić information content (AvgIpc) is 2.94. The molecule has 0 aromatic heterocycles. The number of aliphatic hydroxyl groups is 4. The highest BCUT2D eigenvalue weighted by Gasteiger charge is 2.46. The van der Waals surface area contributed by atoms with Gasteiger partial charge in [0.15, 0.2) is 0 Å². The van der Waals surface area contributed by atoms with Gasteiger partial charge in [0.2, 0.25) is 0 Å². The van der Waals surface area contributed by atoms with Crippen LogP contribution in [0, 0.1) is 0 Å². The van der Waals surface area contributed by atoms with Gasteiger partial charge in [0.25, 0.3) is 0 Å². The van der Waals surface area contributed by atoms with Crippen molar-refractivity contribution in [1.82, 2.24) is 0 Å². The van der Waals surface area contributed by atoms with Crippen LogP contribution >= 0.6 is 0 Å². The van der Waals surface area contributed by atoms with Crippen molar-refractivity contribution in [2.45, 2.75) is 89.6 Å². The van der Waals surface area contributed by atoms with E-state index >= 15 is 0 Å². The molecule has 5 heteroatoms. The summed E-state index contributed by atoms with van der Waals surface area (Å²) in [4.78, 5) is 0. The first-order chi connectivity index (χ1) is 11.6. The summed E-state index contributed by atoms with van der Waals surface area (Å²) in [6.45, 7) is 7.38. The number of hydrogen-bond acceptors (Lipinski definition) is 5. The number of allylic oxidation sites excluding steroid dienone is 2. The summed E-state index contributed by atoms with van der Waals surface area (Å²) in [6.07, 6.45) is 7.14. The normalized spacial score (nSPS) is 27.0. The van der Waals surface area contributed by atoms with Gasteiger partial charge in [0, 0.05) is 0 Å². The number of rotatable bonds is 10. The third-order valence-corrected chi connectivity index (χ3v) is 5.16. The Bertz CT molecular complexity index is 463. The second kappa shape index (κ2) is 9.83.